The van der Waals surface area contributed by atoms with Crippen LogP contribution in [0.3, 0.4) is 0 Å². The Balaban J connectivity index is 2.67. The van der Waals surface area contributed by atoms with Gasteiger partial charge in [-0.15, -0.1) is 0 Å². The summed E-state index contributed by atoms with van der Waals surface area (Å²) in [5.41, 5.74) is 0.346. The van der Waals surface area contributed by atoms with Crippen LogP contribution in [0.15, 0.2) is 18.2 Å². The molecule has 6 heteroatoms. The van der Waals surface area contributed by atoms with Gasteiger partial charge in [0.15, 0.2) is 0 Å². The molecule has 0 radical (unpaired) electrons. The number of carboxylic acid groups (broad SMARTS) is 1. The molecule has 0 bridgehead atoms. The zero-order chi connectivity index (χ0) is 13.0. The summed E-state index contributed by atoms with van der Waals surface area (Å²) in [6, 6.07) is 4.59. The van der Waals surface area contributed by atoms with Crippen LogP contribution in [0.4, 0.5) is 0 Å². The van der Waals surface area contributed by atoms with Gasteiger partial charge < -0.3 is 5.11 Å². The molecule has 0 saturated heterocycles. The number of carboxylic acids is 1. The summed E-state index contributed by atoms with van der Waals surface area (Å²) in [6.45, 7) is 1.55. The smallest absolute Gasteiger partial charge is 0.307 e. The normalized spacial score (nSPS) is 12.2. The molecule has 1 atom stereocenters. The summed E-state index contributed by atoms with van der Waals surface area (Å²) in [7, 11) is 0. The predicted molar refractivity (Wildman–Crippen MR) is 70.1 cm³/mol. The largest absolute Gasteiger partial charge is 0.481 e. The van der Waals surface area contributed by atoms with Crippen molar-refractivity contribution in [3.05, 3.63) is 33.8 Å². The Morgan fingerprint density at radius 2 is 2.06 bits per heavy atom. The van der Waals surface area contributed by atoms with E-state index in [1.54, 1.807) is 13.0 Å². The van der Waals surface area contributed by atoms with Gasteiger partial charge in [0.2, 0.25) is 5.12 Å². The quantitative estimate of drug-likeness (QED) is 0.921. The van der Waals surface area contributed by atoms with Crippen molar-refractivity contribution in [2.75, 3.05) is 5.75 Å². The lowest BCUT2D eigenvalue weighted by Gasteiger charge is -2.06. The summed E-state index contributed by atoms with van der Waals surface area (Å²) in [5.74, 6) is -1.28. The SMILES string of the molecule is C[C@H](CSC(=O)c1ccc(Cl)cc1Cl)C(=O)O. The minimum absolute atomic E-state index is 0.215. The fraction of sp³-hybridized carbons (Fsp3) is 0.273. The third-order valence-corrected chi connectivity index (χ3v) is 3.73. The molecule has 1 aromatic rings. The fourth-order valence-corrected chi connectivity index (χ4v) is 2.43. The number of benzene rings is 1. The lowest BCUT2D eigenvalue weighted by atomic mass is 10.2. The number of carbonyl (C=O) groups excluding carboxylic acids is 1. The first kappa shape index (κ1) is 14.4. The first-order chi connectivity index (χ1) is 7.91. The van der Waals surface area contributed by atoms with Crippen LogP contribution in [0, 0.1) is 5.92 Å². The highest BCUT2D eigenvalue weighted by molar-refractivity contribution is 8.14. The molecule has 1 N–H and O–H groups in total. The van der Waals surface area contributed by atoms with Gasteiger partial charge in [0, 0.05) is 16.3 Å². The van der Waals surface area contributed by atoms with E-state index in [1.165, 1.54) is 12.1 Å². The van der Waals surface area contributed by atoms with Crippen LogP contribution in [-0.2, 0) is 4.79 Å². The van der Waals surface area contributed by atoms with Gasteiger partial charge in [0.1, 0.15) is 0 Å². The number of carbonyl (C=O) groups is 2. The molecule has 0 amide bonds. The van der Waals surface area contributed by atoms with E-state index in [1.807, 2.05) is 0 Å². The minimum Gasteiger partial charge on any atom is -0.481 e. The van der Waals surface area contributed by atoms with Gasteiger partial charge in [-0.05, 0) is 18.2 Å². The van der Waals surface area contributed by atoms with Gasteiger partial charge in [-0.2, -0.15) is 0 Å². The monoisotopic (exact) mass is 292 g/mol. The average molecular weight is 293 g/mol. The van der Waals surface area contributed by atoms with Crippen LogP contribution in [0.1, 0.15) is 17.3 Å². The topological polar surface area (TPSA) is 54.4 Å². The van der Waals surface area contributed by atoms with E-state index in [2.05, 4.69) is 0 Å². The first-order valence-corrected chi connectivity index (χ1v) is 6.51. The van der Waals surface area contributed by atoms with Crippen molar-refractivity contribution in [1.29, 1.82) is 0 Å². The second-order valence-corrected chi connectivity index (χ2v) is 5.30. The molecule has 3 nitrogen and oxygen atoms in total. The molecular weight excluding hydrogens is 283 g/mol. The van der Waals surface area contributed by atoms with Crippen molar-refractivity contribution in [3.63, 3.8) is 0 Å². The number of thioether (sulfide) groups is 1. The molecule has 0 saturated carbocycles. The number of hydrogen-bond acceptors (Lipinski definition) is 3. The predicted octanol–water partition coefficient (Wildman–Crippen LogP) is 3.59. The van der Waals surface area contributed by atoms with Crippen molar-refractivity contribution >= 4 is 46.0 Å². The summed E-state index contributed by atoms with van der Waals surface area (Å²) in [6.07, 6.45) is 0. The molecule has 0 aliphatic rings. The van der Waals surface area contributed by atoms with Crippen LogP contribution < -0.4 is 0 Å². The Bertz CT molecular complexity index is 448. The molecule has 0 aromatic heterocycles. The Morgan fingerprint density at radius 3 is 2.59 bits per heavy atom. The van der Waals surface area contributed by atoms with E-state index in [-0.39, 0.29) is 15.9 Å². The Labute approximate surface area is 113 Å². The Kier molecular flexibility index (Phi) is 5.31. The van der Waals surface area contributed by atoms with Crippen molar-refractivity contribution < 1.29 is 14.7 Å². The van der Waals surface area contributed by atoms with Crippen molar-refractivity contribution in [2.24, 2.45) is 5.92 Å². The molecule has 92 valence electrons. The molecule has 0 unspecified atom stereocenters. The second-order valence-electron chi connectivity index (χ2n) is 3.46. The molecule has 17 heavy (non-hydrogen) atoms. The van der Waals surface area contributed by atoms with Crippen molar-refractivity contribution in [3.8, 4) is 0 Å². The van der Waals surface area contributed by atoms with Crippen molar-refractivity contribution in [1.82, 2.24) is 0 Å². The van der Waals surface area contributed by atoms with Crippen molar-refractivity contribution in [2.45, 2.75) is 6.92 Å². The third kappa shape index (κ3) is 4.22. The van der Waals surface area contributed by atoms with E-state index in [0.29, 0.717) is 10.6 Å². The molecule has 1 aromatic carbocycles. The molecule has 0 heterocycles. The van der Waals surface area contributed by atoms with Gasteiger partial charge >= 0.3 is 5.97 Å². The highest BCUT2D eigenvalue weighted by Crippen LogP contribution is 2.25. The maximum absolute atomic E-state index is 11.7. The Morgan fingerprint density at radius 1 is 1.41 bits per heavy atom. The van der Waals surface area contributed by atoms with Crippen LogP contribution in [0.2, 0.25) is 10.0 Å². The van der Waals surface area contributed by atoms with E-state index in [0.717, 1.165) is 11.8 Å². The van der Waals surface area contributed by atoms with E-state index in [4.69, 9.17) is 28.3 Å². The van der Waals surface area contributed by atoms with Gasteiger partial charge in [-0.25, -0.2) is 0 Å². The van der Waals surface area contributed by atoms with Gasteiger partial charge in [0.25, 0.3) is 0 Å². The van der Waals surface area contributed by atoms with Gasteiger partial charge in [-0.3, -0.25) is 9.59 Å². The van der Waals surface area contributed by atoms with Crippen LogP contribution in [0.5, 0.6) is 0 Å². The summed E-state index contributed by atoms with van der Waals surface area (Å²) in [4.78, 5) is 22.3. The standard InChI is InChI=1S/C11H10Cl2O3S/c1-6(10(14)15)5-17-11(16)8-3-2-7(12)4-9(8)13/h2-4,6H,5H2,1H3,(H,14,15)/t6-/m1/s1. The molecular formula is C11H10Cl2O3S. The Hall–Kier alpha value is -0.710. The lowest BCUT2D eigenvalue weighted by molar-refractivity contribution is -0.140. The fourth-order valence-electron chi connectivity index (χ4n) is 1.00. The van der Waals surface area contributed by atoms with Crippen LogP contribution in [0.25, 0.3) is 0 Å². The maximum atomic E-state index is 11.7. The van der Waals surface area contributed by atoms with E-state index >= 15 is 0 Å². The average Bonchev–Trinajstić information content (AvgIpc) is 2.25. The number of halogens is 2. The highest BCUT2D eigenvalue weighted by atomic mass is 35.5. The maximum Gasteiger partial charge on any atom is 0.307 e. The zero-order valence-electron chi connectivity index (χ0n) is 8.94. The highest BCUT2D eigenvalue weighted by Gasteiger charge is 2.16. The van der Waals surface area contributed by atoms with Crippen LogP contribution >= 0.6 is 35.0 Å². The first-order valence-electron chi connectivity index (χ1n) is 4.76. The molecule has 0 aliphatic heterocycles. The molecule has 0 spiro atoms. The summed E-state index contributed by atoms with van der Waals surface area (Å²) in [5, 5.41) is 9.17. The third-order valence-electron chi connectivity index (χ3n) is 2.04. The number of aliphatic carboxylic acids is 1. The van der Waals surface area contributed by atoms with Gasteiger partial charge in [-0.1, -0.05) is 41.9 Å². The van der Waals surface area contributed by atoms with E-state index < -0.39 is 11.9 Å². The number of hydrogen-bond donors (Lipinski definition) is 1. The minimum atomic E-state index is -0.924. The molecule has 0 aliphatic carbocycles. The second kappa shape index (κ2) is 6.28. The zero-order valence-corrected chi connectivity index (χ0v) is 11.3. The summed E-state index contributed by atoms with van der Waals surface area (Å²) >= 11 is 12.5. The molecule has 0 fully saturated rings. The lowest BCUT2D eigenvalue weighted by Crippen LogP contribution is -2.13. The number of rotatable bonds is 4. The summed E-state index contributed by atoms with van der Waals surface area (Å²) < 4.78 is 0. The molecule has 1 rings (SSSR count). The van der Waals surface area contributed by atoms with Crippen LogP contribution in [-0.4, -0.2) is 21.9 Å². The van der Waals surface area contributed by atoms with Gasteiger partial charge in [0.05, 0.1) is 10.9 Å². The van der Waals surface area contributed by atoms with E-state index in [9.17, 15) is 9.59 Å².